The summed E-state index contributed by atoms with van der Waals surface area (Å²) in [5.41, 5.74) is 1.11. The smallest absolute Gasteiger partial charge is 0.169 e. The summed E-state index contributed by atoms with van der Waals surface area (Å²) in [5.74, 6) is 1.54. The number of halogens is 1. The highest BCUT2D eigenvalue weighted by molar-refractivity contribution is 6.30. The van der Waals surface area contributed by atoms with Crippen molar-refractivity contribution < 1.29 is 4.52 Å². The van der Waals surface area contributed by atoms with Gasteiger partial charge in [-0.05, 0) is 24.6 Å². The van der Waals surface area contributed by atoms with E-state index in [1.165, 1.54) is 0 Å². The van der Waals surface area contributed by atoms with Crippen LogP contribution in [-0.4, -0.2) is 5.16 Å². The first-order valence-corrected chi connectivity index (χ1v) is 5.03. The fourth-order valence-electron chi connectivity index (χ4n) is 1.29. The quantitative estimate of drug-likeness (QED) is 0.867. The highest BCUT2D eigenvalue weighted by atomic mass is 35.5. The molecule has 0 aliphatic rings. The molecular formula is C11H11ClN2O. The topological polar surface area (TPSA) is 38.1 Å². The lowest BCUT2D eigenvalue weighted by Gasteiger charge is -2.02. The Labute approximate surface area is 93.0 Å². The summed E-state index contributed by atoms with van der Waals surface area (Å²) in [6.07, 6.45) is 0. The van der Waals surface area contributed by atoms with Gasteiger partial charge in [-0.2, -0.15) is 0 Å². The monoisotopic (exact) mass is 222 g/mol. The third-order valence-corrected chi connectivity index (χ3v) is 2.23. The molecule has 0 spiro atoms. The summed E-state index contributed by atoms with van der Waals surface area (Å²) in [5, 5.41) is 7.72. The molecule has 1 aromatic carbocycles. The predicted molar refractivity (Wildman–Crippen MR) is 60.0 cm³/mol. The maximum atomic E-state index is 5.87. The Bertz CT molecular complexity index is 453. The van der Waals surface area contributed by atoms with Crippen molar-refractivity contribution in [1.82, 2.24) is 5.16 Å². The summed E-state index contributed by atoms with van der Waals surface area (Å²) < 4.78 is 4.94. The van der Waals surface area contributed by atoms with Crippen LogP contribution in [-0.2, 0) is 6.54 Å². The van der Waals surface area contributed by atoms with Gasteiger partial charge in [-0.3, -0.25) is 0 Å². The maximum Gasteiger partial charge on any atom is 0.169 e. The number of anilines is 1. The molecule has 0 amide bonds. The van der Waals surface area contributed by atoms with Crippen molar-refractivity contribution in [1.29, 1.82) is 0 Å². The Balaban J connectivity index is 1.99. The number of nitrogens with one attached hydrogen (secondary N) is 1. The number of hydrogen-bond donors (Lipinski definition) is 1. The zero-order valence-electron chi connectivity index (χ0n) is 8.33. The van der Waals surface area contributed by atoms with Crippen LogP contribution >= 0.6 is 11.6 Å². The Morgan fingerprint density at radius 1 is 1.40 bits per heavy atom. The number of benzene rings is 1. The largest absolute Gasteiger partial charge is 0.363 e. The minimum Gasteiger partial charge on any atom is -0.363 e. The van der Waals surface area contributed by atoms with Gasteiger partial charge in [0.05, 0.1) is 0 Å². The number of aromatic nitrogens is 1. The molecule has 0 saturated heterocycles. The van der Waals surface area contributed by atoms with Crippen LogP contribution < -0.4 is 5.32 Å². The van der Waals surface area contributed by atoms with Gasteiger partial charge in [-0.15, -0.1) is 0 Å². The van der Waals surface area contributed by atoms with E-state index in [0.29, 0.717) is 6.54 Å². The SMILES string of the molecule is Cc1cc(NCc2cccc(Cl)c2)no1. The van der Waals surface area contributed by atoms with E-state index in [1.807, 2.05) is 37.3 Å². The molecule has 1 heterocycles. The molecule has 3 nitrogen and oxygen atoms in total. The highest BCUT2D eigenvalue weighted by Crippen LogP contribution is 2.13. The molecule has 0 atom stereocenters. The molecule has 2 aromatic rings. The van der Waals surface area contributed by atoms with Crippen molar-refractivity contribution in [2.24, 2.45) is 0 Å². The molecule has 0 saturated carbocycles. The number of hydrogen-bond acceptors (Lipinski definition) is 3. The molecule has 0 aliphatic carbocycles. The van der Waals surface area contributed by atoms with Crippen LogP contribution in [0.5, 0.6) is 0 Å². The second-order valence-corrected chi connectivity index (χ2v) is 3.74. The number of aryl methyl sites for hydroxylation is 1. The lowest BCUT2D eigenvalue weighted by Crippen LogP contribution is -1.98. The van der Waals surface area contributed by atoms with E-state index in [4.69, 9.17) is 16.1 Å². The molecule has 15 heavy (non-hydrogen) atoms. The van der Waals surface area contributed by atoms with Crippen LogP contribution in [0.4, 0.5) is 5.82 Å². The van der Waals surface area contributed by atoms with E-state index in [-0.39, 0.29) is 0 Å². The van der Waals surface area contributed by atoms with E-state index in [0.717, 1.165) is 22.2 Å². The second-order valence-electron chi connectivity index (χ2n) is 3.31. The first kappa shape index (κ1) is 10.1. The van der Waals surface area contributed by atoms with Crippen molar-refractivity contribution in [3.8, 4) is 0 Å². The summed E-state index contributed by atoms with van der Waals surface area (Å²) >= 11 is 5.87. The lowest BCUT2D eigenvalue weighted by molar-refractivity contribution is 0.399. The zero-order chi connectivity index (χ0) is 10.7. The molecule has 0 unspecified atom stereocenters. The molecule has 1 aromatic heterocycles. The van der Waals surface area contributed by atoms with Gasteiger partial charge in [0.25, 0.3) is 0 Å². The first-order chi connectivity index (χ1) is 7.24. The van der Waals surface area contributed by atoms with Crippen LogP contribution in [0, 0.1) is 6.92 Å². The number of rotatable bonds is 3. The van der Waals surface area contributed by atoms with E-state index in [2.05, 4.69) is 10.5 Å². The maximum absolute atomic E-state index is 5.87. The van der Waals surface area contributed by atoms with Gasteiger partial charge in [-0.25, -0.2) is 0 Å². The second kappa shape index (κ2) is 4.36. The summed E-state index contributed by atoms with van der Waals surface area (Å²) in [4.78, 5) is 0. The summed E-state index contributed by atoms with van der Waals surface area (Å²) in [6.45, 7) is 2.55. The Morgan fingerprint density at radius 3 is 2.93 bits per heavy atom. The highest BCUT2D eigenvalue weighted by Gasteiger charge is 1.99. The molecule has 2 rings (SSSR count). The van der Waals surface area contributed by atoms with E-state index in [1.54, 1.807) is 0 Å². The minimum atomic E-state index is 0.687. The zero-order valence-corrected chi connectivity index (χ0v) is 9.08. The van der Waals surface area contributed by atoms with Gasteiger partial charge < -0.3 is 9.84 Å². The van der Waals surface area contributed by atoms with Gasteiger partial charge in [0.15, 0.2) is 5.82 Å². The number of nitrogens with zero attached hydrogens (tertiary/aromatic N) is 1. The Morgan fingerprint density at radius 2 is 2.27 bits per heavy atom. The van der Waals surface area contributed by atoms with Gasteiger partial charge in [-0.1, -0.05) is 28.9 Å². The molecule has 0 radical (unpaired) electrons. The molecule has 0 aliphatic heterocycles. The Kier molecular flexibility index (Phi) is 2.92. The fraction of sp³-hybridized carbons (Fsp3) is 0.182. The third kappa shape index (κ3) is 2.73. The summed E-state index contributed by atoms with van der Waals surface area (Å²) in [7, 11) is 0. The fourth-order valence-corrected chi connectivity index (χ4v) is 1.50. The molecular weight excluding hydrogens is 212 g/mol. The molecule has 1 N–H and O–H groups in total. The predicted octanol–water partition coefficient (Wildman–Crippen LogP) is 3.25. The van der Waals surface area contributed by atoms with Crippen molar-refractivity contribution >= 4 is 17.4 Å². The molecule has 0 fully saturated rings. The average molecular weight is 223 g/mol. The van der Waals surface area contributed by atoms with Crippen LogP contribution in [0.15, 0.2) is 34.9 Å². The van der Waals surface area contributed by atoms with Crippen LogP contribution in [0.25, 0.3) is 0 Å². The van der Waals surface area contributed by atoms with Crippen molar-refractivity contribution in [2.75, 3.05) is 5.32 Å². The van der Waals surface area contributed by atoms with Gasteiger partial charge in [0.2, 0.25) is 0 Å². The molecule has 0 bridgehead atoms. The van der Waals surface area contributed by atoms with Crippen molar-refractivity contribution in [3.05, 3.63) is 46.7 Å². The van der Waals surface area contributed by atoms with Gasteiger partial charge >= 0.3 is 0 Å². The molecule has 4 heteroatoms. The normalized spacial score (nSPS) is 10.3. The van der Waals surface area contributed by atoms with E-state index < -0.39 is 0 Å². The lowest BCUT2D eigenvalue weighted by atomic mass is 10.2. The first-order valence-electron chi connectivity index (χ1n) is 4.66. The minimum absolute atomic E-state index is 0.687. The average Bonchev–Trinajstić information content (AvgIpc) is 2.62. The van der Waals surface area contributed by atoms with Gasteiger partial charge in [0, 0.05) is 17.6 Å². The van der Waals surface area contributed by atoms with Crippen LogP contribution in [0.2, 0.25) is 5.02 Å². The van der Waals surface area contributed by atoms with Crippen LogP contribution in [0.1, 0.15) is 11.3 Å². The standard InChI is InChI=1S/C11H11ClN2O/c1-8-5-11(14-15-8)13-7-9-3-2-4-10(12)6-9/h2-6H,7H2,1H3,(H,13,14). The molecule has 78 valence electrons. The van der Waals surface area contributed by atoms with Crippen molar-refractivity contribution in [3.63, 3.8) is 0 Å². The summed E-state index contributed by atoms with van der Waals surface area (Å²) in [6, 6.07) is 9.55. The van der Waals surface area contributed by atoms with E-state index in [9.17, 15) is 0 Å². The Hall–Kier alpha value is -1.48. The van der Waals surface area contributed by atoms with Crippen LogP contribution in [0.3, 0.4) is 0 Å². The van der Waals surface area contributed by atoms with Gasteiger partial charge in [0.1, 0.15) is 5.76 Å². The third-order valence-electron chi connectivity index (χ3n) is 1.99. The van der Waals surface area contributed by atoms with E-state index >= 15 is 0 Å². The van der Waals surface area contributed by atoms with Crippen molar-refractivity contribution in [2.45, 2.75) is 13.5 Å².